The van der Waals surface area contributed by atoms with Crippen LogP contribution in [0.2, 0.25) is 0 Å². The molecule has 4 nitrogen and oxygen atoms in total. The Morgan fingerprint density at radius 1 is 1.36 bits per heavy atom. The van der Waals surface area contributed by atoms with E-state index in [4.69, 9.17) is 0 Å². The zero-order valence-electron chi connectivity index (χ0n) is 13.8. The van der Waals surface area contributed by atoms with E-state index in [2.05, 4.69) is 9.97 Å². The molecule has 0 saturated carbocycles. The molecule has 2 aromatic heterocycles. The van der Waals surface area contributed by atoms with Crippen molar-refractivity contribution in [2.24, 2.45) is 0 Å². The second kappa shape index (κ2) is 6.82. The van der Waals surface area contributed by atoms with Crippen molar-refractivity contribution in [3.63, 3.8) is 0 Å². The van der Waals surface area contributed by atoms with Crippen LogP contribution in [0, 0.1) is 0 Å². The van der Waals surface area contributed by atoms with Crippen LogP contribution in [0.15, 0.2) is 36.8 Å². The fourth-order valence-electron chi connectivity index (χ4n) is 3.27. The van der Waals surface area contributed by atoms with E-state index >= 15 is 0 Å². The summed E-state index contributed by atoms with van der Waals surface area (Å²) in [6, 6.07) is 4.48. The van der Waals surface area contributed by atoms with Gasteiger partial charge in [-0.05, 0) is 43.9 Å². The first-order valence-electron chi connectivity index (χ1n) is 8.18. The minimum atomic E-state index is -4.53. The number of nitrogens with zero attached hydrogens (tertiary/aromatic N) is 3. The first-order chi connectivity index (χ1) is 11.9. The molecule has 0 spiro atoms. The Kier molecular flexibility index (Phi) is 4.74. The normalized spacial score (nSPS) is 17.0. The molecule has 1 aliphatic carbocycles. The third-order valence-electron chi connectivity index (χ3n) is 4.46. The van der Waals surface area contributed by atoms with Gasteiger partial charge in [-0.25, -0.2) is 0 Å². The average molecular weight is 349 g/mol. The van der Waals surface area contributed by atoms with Gasteiger partial charge in [0, 0.05) is 25.1 Å². The van der Waals surface area contributed by atoms with Crippen molar-refractivity contribution in [1.29, 1.82) is 0 Å². The molecule has 2 aromatic rings. The predicted molar refractivity (Wildman–Crippen MR) is 85.9 cm³/mol. The molecule has 0 aliphatic heterocycles. The summed E-state index contributed by atoms with van der Waals surface area (Å²) in [6.07, 6.45) is 1.62. The number of aryl methyl sites for hydroxylation is 1. The molecule has 3 rings (SSSR count). The number of carbonyl (C=O) groups is 1. The fraction of sp³-hybridized carbons (Fsp3) is 0.389. The van der Waals surface area contributed by atoms with Crippen LogP contribution in [0.25, 0.3) is 0 Å². The lowest BCUT2D eigenvalue weighted by atomic mass is 9.90. The van der Waals surface area contributed by atoms with E-state index < -0.39 is 17.6 Å². The lowest BCUT2D eigenvalue weighted by molar-refractivity contribution is -0.137. The molecule has 1 aliphatic rings. The molecule has 1 atom stereocenters. The van der Waals surface area contributed by atoms with E-state index in [1.54, 1.807) is 11.1 Å². The van der Waals surface area contributed by atoms with E-state index in [-0.39, 0.29) is 11.6 Å². The maximum Gasteiger partial charge on any atom is 0.417 e. The highest BCUT2D eigenvalue weighted by molar-refractivity contribution is 5.94. The Labute approximate surface area is 143 Å². The molecule has 0 N–H and O–H groups in total. The quantitative estimate of drug-likeness (QED) is 0.840. The highest BCUT2D eigenvalue weighted by atomic mass is 19.4. The van der Waals surface area contributed by atoms with Gasteiger partial charge in [0.2, 0.25) is 0 Å². The number of carbonyl (C=O) groups excluding carboxylic acids is 1. The van der Waals surface area contributed by atoms with Crippen LogP contribution in [-0.4, -0.2) is 27.3 Å². The standard InChI is InChI=1S/C18H18F3N3O/c1-2-24(15-7-3-5-12-6-4-8-23-16(12)15)17(25)13-9-14(11-22-10-13)18(19,20)21/h4,6,8-11,15H,2-3,5,7H2,1H3. The summed E-state index contributed by atoms with van der Waals surface area (Å²) in [5.74, 6) is -0.454. The number of fused-ring (bicyclic) bond motifs is 1. The molecular formula is C18H18F3N3O. The van der Waals surface area contributed by atoms with Gasteiger partial charge >= 0.3 is 6.18 Å². The van der Waals surface area contributed by atoms with Crippen molar-refractivity contribution in [2.75, 3.05) is 6.54 Å². The van der Waals surface area contributed by atoms with Gasteiger partial charge in [0.25, 0.3) is 5.91 Å². The summed E-state index contributed by atoms with van der Waals surface area (Å²) in [7, 11) is 0. The number of aromatic nitrogens is 2. The van der Waals surface area contributed by atoms with Crippen LogP contribution in [0.3, 0.4) is 0 Å². The fourth-order valence-corrected chi connectivity index (χ4v) is 3.27. The maximum absolute atomic E-state index is 12.9. The molecular weight excluding hydrogens is 331 g/mol. The molecule has 1 unspecified atom stereocenters. The number of halogens is 3. The number of hydrogen-bond donors (Lipinski definition) is 0. The van der Waals surface area contributed by atoms with Crippen molar-refractivity contribution in [3.8, 4) is 0 Å². The number of rotatable bonds is 3. The SMILES string of the molecule is CCN(C(=O)c1cncc(C(F)(F)F)c1)C1CCCc2cccnc21. The molecule has 0 radical (unpaired) electrons. The Bertz CT molecular complexity index is 776. The van der Waals surface area contributed by atoms with Crippen LogP contribution in [-0.2, 0) is 12.6 Å². The summed E-state index contributed by atoms with van der Waals surface area (Å²) in [5.41, 5.74) is 0.951. The molecule has 0 fully saturated rings. The molecule has 0 bridgehead atoms. The van der Waals surface area contributed by atoms with Gasteiger partial charge in [-0.15, -0.1) is 0 Å². The lowest BCUT2D eigenvalue weighted by Gasteiger charge is -2.34. The monoisotopic (exact) mass is 349 g/mol. The minimum absolute atomic E-state index is 0.0558. The molecule has 2 heterocycles. The van der Waals surface area contributed by atoms with E-state index in [0.717, 1.165) is 42.8 Å². The zero-order chi connectivity index (χ0) is 18.0. The summed E-state index contributed by atoms with van der Waals surface area (Å²) >= 11 is 0. The van der Waals surface area contributed by atoms with Gasteiger partial charge in [-0.1, -0.05) is 6.07 Å². The van der Waals surface area contributed by atoms with Gasteiger partial charge in [-0.3, -0.25) is 14.8 Å². The first-order valence-corrected chi connectivity index (χ1v) is 8.18. The Balaban J connectivity index is 1.93. The van der Waals surface area contributed by atoms with Crippen LogP contribution < -0.4 is 0 Å². The molecule has 132 valence electrons. The predicted octanol–water partition coefficient (Wildman–Crippen LogP) is 4.04. The van der Waals surface area contributed by atoms with Gasteiger partial charge in [-0.2, -0.15) is 13.2 Å². The Hall–Kier alpha value is -2.44. The number of alkyl halides is 3. The summed E-state index contributed by atoms with van der Waals surface area (Å²) in [6.45, 7) is 2.20. The second-order valence-corrected chi connectivity index (χ2v) is 6.01. The molecule has 7 heteroatoms. The van der Waals surface area contributed by atoms with Gasteiger partial charge in [0.15, 0.2) is 0 Å². The highest BCUT2D eigenvalue weighted by Gasteiger charge is 2.34. The van der Waals surface area contributed by atoms with Gasteiger partial charge in [0.05, 0.1) is 22.9 Å². The summed E-state index contributed by atoms with van der Waals surface area (Å²) < 4.78 is 38.7. The summed E-state index contributed by atoms with van der Waals surface area (Å²) in [4.78, 5) is 22.4. The van der Waals surface area contributed by atoms with Crippen LogP contribution in [0.5, 0.6) is 0 Å². The van der Waals surface area contributed by atoms with Gasteiger partial charge < -0.3 is 4.90 Å². The molecule has 25 heavy (non-hydrogen) atoms. The van der Waals surface area contributed by atoms with Crippen LogP contribution in [0.1, 0.15) is 53.0 Å². The van der Waals surface area contributed by atoms with E-state index in [9.17, 15) is 18.0 Å². The molecule has 0 aromatic carbocycles. The topological polar surface area (TPSA) is 46.1 Å². The van der Waals surface area contributed by atoms with Crippen molar-refractivity contribution < 1.29 is 18.0 Å². The molecule has 1 amide bonds. The van der Waals surface area contributed by atoms with E-state index in [1.807, 2.05) is 19.1 Å². The Morgan fingerprint density at radius 3 is 2.88 bits per heavy atom. The third kappa shape index (κ3) is 3.50. The van der Waals surface area contributed by atoms with Crippen LogP contribution >= 0.6 is 0 Å². The highest BCUT2D eigenvalue weighted by Crippen LogP contribution is 2.34. The number of hydrogen-bond acceptors (Lipinski definition) is 3. The van der Waals surface area contributed by atoms with Crippen molar-refractivity contribution >= 4 is 5.91 Å². The summed E-state index contributed by atoms with van der Waals surface area (Å²) in [5, 5.41) is 0. The maximum atomic E-state index is 12.9. The second-order valence-electron chi connectivity index (χ2n) is 6.01. The van der Waals surface area contributed by atoms with E-state index in [0.29, 0.717) is 6.54 Å². The van der Waals surface area contributed by atoms with E-state index in [1.165, 1.54) is 6.20 Å². The minimum Gasteiger partial charge on any atom is -0.330 e. The van der Waals surface area contributed by atoms with Crippen molar-refractivity contribution in [2.45, 2.75) is 38.4 Å². The van der Waals surface area contributed by atoms with Crippen molar-refractivity contribution in [1.82, 2.24) is 14.9 Å². The first kappa shape index (κ1) is 17.4. The van der Waals surface area contributed by atoms with Crippen molar-refractivity contribution in [3.05, 3.63) is 59.2 Å². The lowest BCUT2D eigenvalue weighted by Crippen LogP contribution is -2.37. The molecule has 0 saturated heterocycles. The average Bonchev–Trinajstić information content (AvgIpc) is 2.62. The number of pyridine rings is 2. The zero-order valence-corrected chi connectivity index (χ0v) is 13.8. The smallest absolute Gasteiger partial charge is 0.330 e. The Morgan fingerprint density at radius 2 is 2.16 bits per heavy atom. The third-order valence-corrected chi connectivity index (χ3v) is 4.46. The van der Waals surface area contributed by atoms with Gasteiger partial charge in [0.1, 0.15) is 0 Å². The van der Waals surface area contributed by atoms with Crippen LogP contribution in [0.4, 0.5) is 13.2 Å². The number of amides is 1. The largest absolute Gasteiger partial charge is 0.417 e.